The fourth-order valence-corrected chi connectivity index (χ4v) is 1.69. The Bertz CT molecular complexity index is 539. The maximum Gasteiger partial charge on any atom is 0.231 e. The summed E-state index contributed by atoms with van der Waals surface area (Å²) in [5, 5.41) is 0.0848. The molecule has 2 rings (SSSR count). The predicted molar refractivity (Wildman–Crippen MR) is 70.3 cm³/mol. The van der Waals surface area contributed by atoms with Crippen LogP contribution in [0.5, 0.6) is 0 Å². The Morgan fingerprint density at radius 2 is 2.00 bits per heavy atom. The van der Waals surface area contributed by atoms with Crippen molar-refractivity contribution in [3.05, 3.63) is 34.9 Å². The lowest BCUT2D eigenvalue weighted by Crippen LogP contribution is -2.21. The standard InChI is InChI=1S/C11H13ClN6/c1-7-4-3-5-8(14-7)6-18(2)11-16-9(12)15-10(13)17-11/h3-5H,6H2,1-2H3,(H2,13,15,16,17). The van der Waals surface area contributed by atoms with Gasteiger partial charge in [0.2, 0.25) is 17.2 Å². The van der Waals surface area contributed by atoms with Crippen LogP contribution in [0, 0.1) is 6.92 Å². The molecule has 0 saturated carbocycles. The van der Waals surface area contributed by atoms with Gasteiger partial charge in [-0.15, -0.1) is 0 Å². The number of nitrogen functional groups attached to an aromatic ring is 1. The van der Waals surface area contributed by atoms with Gasteiger partial charge in [0.15, 0.2) is 0 Å². The summed E-state index contributed by atoms with van der Waals surface area (Å²) in [7, 11) is 1.84. The molecule has 0 spiro atoms. The zero-order valence-corrected chi connectivity index (χ0v) is 10.9. The van der Waals surface area contributed by atoms with Crippen LogP contribution in [0.3, 0.4) is 0 Å². The van der Waals surface area contributed by atoms with Gasteiger partial charge in [0.25, 0.3) is 0 Å². The molecule has 0 saturated heterocycles. The minimum atomic E-state index is 0.0848. The summed E-state index contributed by atoms with van der Waals surface area (Å²) in [6, 6.07) is 5.84. The SMILES string of the molecule is Cc1cccc(CN(C)c2nc(N)nc(Cl)n2)n1. The molecule has 0 aliphatic carbocycles. The molecular formula is C11H13ClN6. The Balaban J connectivity index is 2.19. The highest BCUT2D eigenvalue weighted by Gasteiger charge is 2.09. The maximum atomic E-state index is 5.74. The van der Waals surface area contributed by atoms with Crippen molar-refractivity contribution in [1.29, 1.82) is 0 Å². The highest BCUT2D eigenvalue weighted by molar-refractivity contribution is 6.28. The molecular weight excluding hydrogens is 252 g/mol. The summed E-state index contributed by atoms with van der Waals surface area (Å²) < 4.78 is 0. The Hall–Kier alpha value is -1.95. The summed E-state index contributed by atoms with van der Waals surface area (Å²) in [6.45, 7) is 2.52. The molecule has 2 N–H and O–H groups in total. The van der Waals surface area contributed by atoms with Crippen molar-refractivity contribution in [2.75, 3.05) is 17.7 Å². The Morgan fingerprint density at radius 1 is 1.22 bits per heavy atom. The third kappa shape index (κ3) is 3.04. The minimum absolute atomic E-state index is 0.0848. The van der Waals surface area contributed by atoms with Gasteiger partial charge in [-0.05, 0) is 30.7 Å². The van der Waals surface area contributed by atoms with Gasteiger partial charge in [-0.2, -0.15) is 15.0 Å². The van der Waals surface area contributed by atoms with Gasteiger partial charge >= 0.3 is 0 Å². The number of aromatic nitrogens is 4. The Morgan fingerprint density at radius 3 is 2.67 bits per heavy atom. The highest BCUT2D eigenvalue weighted by atomic mass is 35.5. The second-order valence-corrected chi connectivity index (χ2v) is 4.23. The molecule has 6 nitrogen and oxygen atoms in total. The van der Waals surface area contributed by atoms with Crippen LogP contribution in [0.4, 0.5) is 11.9 Å². The molecule has 0 aliphatic rings. The van der Waals surface area contributed by atoms with E-state index in [4.69, 9.17) is 17.3 Å². The molecule has 0 aromatic carbocycles. The van der Waals surface area contributed by atoms with E-state index in [-0.39, 0.29) is 11.2 Å². The largest absolute Gasteiger partial charge is 0.368 e. The number of nitrogens with two attached hydrogens (primary N) is 1. The molecule has 2 aromatic rings. The van der Waals surface area contributed by atoms with E-state index in [1.165, 1.54) is 0 Å². The van der Waals surface area contributed by atoms with Gasteiger partial charge in [0.05, 0.1) is 12.2 Å². The number of aryl methyl sites for hydroxylation is 1. The van der Waals surface area contributed by atoms with Gasteiger partial charge in [-0.1, -0.05) is 6.07 Å². The predicted octanol–water partition coefficient (Wildman–Crippen LogP) is 1.45. The fourth-order valence-electron chi connectivity index (χ4n) is 1.53. The summed E-state index contributed by atoms with van der Waals surface area (Å²) in [4.78, 5) is 18.0. The van der Waals surface area contributed by atoms with E-state index in [9.17, 15) is 0 Å². The average molecular weight is 265 g/mol. The first-order chi connectivity index (χ1) is 8.54. The van der Waals surface area contributed by atoms with Gasteiger partial charge < -0.3 is 10.6 Å². The Kier molecular flexibility index (Phi) is 3.57. The van der Waals surface area contributed by atoms with Crippen LogP contribution >= 0.6 is 11.6 Å². The normalized spacial score (nSPS) is 10.4. The lowest BCUT2D eigenvalue weighted by molar-refractivity contribution is 0.829. The van der Waals surface area contributed by atoms with E-state index in [2.05, 4.69) is 19.9 Å². The number of pyridine rings is 1. The molecule has 7 heteroatoms. The number of nitrogens with zero attached hydrogens (tertiary/aromatic N) is 5. The first-order valence-corrected chi connectivity index (χ1v) is 5.73. The monoisotopic (exact) mass is 264 g/mol. The summed E-state index contributed by atoms with van der Waals surface area (Å²) >= 11 is 5.74. The van der Waals surface area contributed by atoms with Crippen LogP contribution in [0.1, 0.15) is 11.4 Å². The van der Waals surface area contributed by atoms with Crippen molar-refractivity contribution >= 4 is 23.5 Å². The molecule has 0 amide bonds. The van der Waals surface area contributed by atoms with Gasteiger partial charge in [-0.25, -0.2) is 0 Å². The quantitative estimate of drug-likeness (QED) is 0.904. The highest BCUT2D eigenvalue weighted by Crippen LogP contribution is 2.12. The second kappa shape index (κ2) is 5.14. The smallest absolute Gasteiger partial charge is 0.231 e. The third-order valence-corrected chi connectivity index (χ3v) is 2.47. The van der Waals surface area contributed by atoms with Crippen molar-refractivity contribution < 1.29 is 0 Å². The second-order valence-electron chi connectivity index (χ2n) is 3.89. The molecule has 18 heavy (non-hydrogen) atoms. The molecule has 0 radical (unpaired) electrons. The number of anilines is 2. The third-order valence-electron chi connectivity index (χ3n) is 2.30. The number of rotatable bonds is 3. The number of hydrogen-bond acceptors (Lipinski definition) is 6. The molecule has 0 fully saturated rings. The van der Waals surface area contributed by atoms with Crippen molar-refractivity contribution in [2.45, 2.75) is 13.5 Å². The van der Waals surface area contributed by atoms with E-state index in [1.807, 2.05) is 37.1 Å². The van der Waals surface area contributed by atoms with Crippen molar-refractivity contribution in [3.63, 3.8) is 0 Å². The first kappa shape index (κ1) is 12.5. The van der Waals surface area contributed by atoms with Gasteiger partial charge in [0, 0.05) is 12.7 Å². The number of hydrogen-bond donors (Lipinski definition) is 1. The van der Waals surface area contributed by atoms with Crippen LogP contribution < -0.4 is 10.6 Å². The minimum Gasteiger partial charge on any atom is -0.368 e. The zero-order valence-electron chi connectivity index (χ0n) is 10.1. The van der Waals surface area contributed by atoms with Crippen LogP contribution in [-0.4, -0.2) is 27.0 Å². The van der Waals surface area contributed by atoms with Crippen molar-refractivity contribution in [1.82, 2.24) is 19.9 Å². The molecule has 0 bridgehead atoms. The Labute approximate surface area is 110 Å². The molecule has 0 atom stereocenters. The molecule has 0 unspecified atom stereocenters. The zero-order chi connectivity index (χ0) is 13.1. The van der Waals surface area contributed by atoms with Gasteiger partial charge in [-0.3, -0.25) is 4.98 Å². The molecule has 2 aromatic heterocycles. The van der Waals surface area contributed by atoms with E-state index in [1.54, 1.807) is 0 Å². The topological polar surface area (TPSA) is 80.8 Å². The van der Waals surface area contributed by atoms with E-state index < -0.39 is 0 Å². The van der Waals surface area contributed by atoms with Gasteiger partial charge in [0.1, 0.15) is 0 Å². The average Bonchev–Trinajstić information content (AvgIpc) is 2.27. The fraction of sp³-hybridized carbons (Fsp3) is 0.273. The van der Waals surface area contributed by atoms with E-state index >= 15 is 0 Å². The first-order valence-electron chi connectivity index (χ1n) is 5.35. The molecule has 2 heterocycles. The van der Waals surface area contributed by atoms with Crippen LogP contribution in [0.15, 0.2) is 18.2 Å². The molecule has 0 aliphatic heterocycles. The van der Waals surface area contributed by atoms with Crippen LogP contribution in [0.25, 0.3) is 0 Å². The lowest BCUT2D eigenvalue weighted by Gasteiger charge is -2.16. The van der Waals surface area contributed by atoms with E-state index in [0.717, 1.165) is 11.4 Å². The van der Waals surface area contributed by atoms with Crippen molar-refractivity contribution in [2.24, 2.45) is 0 Å². The van der Waals surface area contributed by atoms with Crippen molar-refractivity contribution in [3.8, 4) is 0 Å². The van der Waals surface area contributed by atoms with E-state index in [0.29, 0.717) is 12.5 Å². The summed E-state index contributed by atoms with van der Waals surface area (Å²) in [5.74, 6) is 0.532. The molecule has 94 valence electrons. The summed E-state index contributed by atoms with van der Waals surface area (Å²) in [5.41, 5.74) is 7.42. The maximum absolute atomic E-state index is 5.74. The van der Waals surface area contributed by atoms with Crippen LogP contribution in [0.2, 0.25) is 5.28 Å². The summed E-state index contributed by atoms with van der Waals surface area (Å²) in [6.07, 6.45) is 0. The lowest BCUT2D eigenvalue weighted by atomic mass is 10.3. The number of halogens is 1. The van der Waals surface area contributed by atoms with Crippen LogP contribution in [-0.2, 0) is 6.54 Å².